The second kappa shape index (κ2) is 6.66. The van der Waals surface area contributed by atoms with Crippen molar-refractivity contribution in [3.8, 4) is 0 Å². The fourth-order valence-corrected chi connectivity index (χ4v) is 2.36. The van der Waals surface area contributed by atoms with Gasteiger partial charge in [-0.2, -0.15) is 5.10 Å². The number of benzene rings is 1. The van der Waals surface area contributed by atoms with Gasteiger partial charge in [0, 0.05) is 6.54 Å². The number of nitrogens with zero attached hydrogens (tertiary/aromatic N) is 3. The van der Waals surface area contributed by atoms with Crippen LogP contribution in [-0.4, -0.2) is 27.9 Å². The molecular weight excluding hydrogens is 248 g/mol. The lowest BCUT2D eigenvalue weighted by molar-refractivity contribution is 0.447. The summed E-state index contributed by atoms with van der Waals surface area (Å²) in [6.45, 7) is 10.3. The van der Waals surface area contributed by atoms with Gasteiger partial charge in [-0.25, -0.2) is 9.67 Å². The zero-order chi connectivity index (χ0) is 14.5. The van der Waals surface area contributed by atoms with E-state index in [0.717, 1.165) is 24.7 Å². The molecule has 108 valence electrons. The molecule has 1 aromatic carbocycles. The Morgan fingerprint density at radius 3 is 2.35 bits per heavy atom. The number of aromatic nitrogens is 3. The summed E-state index contributed by atoms with van der Waals surface area (Å²) in [7, 11) is 0. The van der Waals surface area contributed by atoms with E-state index in [0.29, 0.717) is 5.92 Å². The molecule has 1 unspecified atom stereocenters. The Morgan fingerprint density at radius 1 is 1.10 bits per heavy atom. The molecule has 1 aromatic heterocycles. The van der Waals surface area contributed by atoms with Crippen LogP contribution >= 0.6 is 0 Å². The van der Waals surface area contributed by atoms with Crippen molar-refractivity contribution >= 4 is 0 Å². The van der Waals surface area contributed by atoms with Gasteiger partial charge in [0.25, 0.3) is 0 Å². The summed E-state index contributed by atoms with van der Waals surface area (Å²) < 4.78 is 2.03. The van der Waals surface area contributed by atoms with Crippen LogP contribution in [0.2, 0.25) is 0 Å². The van der Waals surface area contributed by atoms with Crippen LogP contribution in [0.25, 0.3) is 0 Å². The van der Waals surface area contributed by atoms with Crippen LogP contribution in [0.15, 0.2) is 30.3 Å². The minimum Gasteiger partial charge on any atom is -0.314 e. The van der Waals surface area contributed by atoms with Crippen LogP contribution in [0.4, 0.5) is 0 Å². The standard InChI is InChI=1S/C16H24N4/c1-12(2)10-17-11-16(15-8-6-5-7-9-15)20-14(4)18-13(3)19-20/h5-9,12,16-17H,10-11H2,1-4H3. The van der Waals surface area contributed by atoms with Gasteiger partial charge < -0.3 is 5.32 Å². The second-order valence-electron chi connectivity index (χ2n) is 5.63. The van der Waals surface area contributed by atoms with E-state index in [1.165, 1.54) is 5.56 Å². The van der Waals surface area contributed by atoms with Gasteiger partial charge in [0.1, 0.15) is 11.6 Å². The van der Waals surface area contributed by atoms with E-state index in [1.54, 1.807) is 0 Å². The summed E-state index contributed by atoms with van der Waals surface area (Å²) in [5, 5.41) is 8.08. The molecule has 4 heteroatoms. The monoisotopic (exact) mass is 272 g/mol. The van der Waals surface area contributed by atoms with Crippen LogP contribution in [0.3, 0.4) is 0 Å². The topological polar surface area (TPSA) is 42.7 Å². The zero-order valence-electron chi connectivity index (χ0n) is 12.8. The van der Waals surface area contributed by atoms with E-state index in [2.05, 4.69) is 53.5 Å². The quantitative estimate of drug-likeness (QED) is 0.879. The molecule has 0 spiro atoms. The van der Waals surface area contributed by atoms with Crippen molar-refractivity contribution in [2.75, 3.05) is 13.1 Å². The molecule has 0 saturated heterocycles. The molecular formula is C16H24N4. The Morgan fingerprint density at radius 2 is 1.80 bits per heavy atom. The minimum absolute atomic E-state index is 0.191. The van der Waals surface area contributed by atoms with Crippen LogP contribution in [0.5, 0.6) is 0 Å². The number of aryl methyl sites for hydroxylation is 2. The highest BCUT2D eigenvalue weighted by molar-refractivity contribution is 5.20. The third kappa shape index (κ3) is 3.67. The first-order valence-electron chi connectivity index (χ1n) is 7.23. The first-order valence-corrected chi connectivity index (χ1v) is 7.23. The van der Waals surface area contributed by atoms with Crippen molar-refractivity contribution in [1.82, 2.24) is 20.1 Å². The van der Waals surface area contributed by atoms with Gasteiger partial charge in [-0.15, -0.1) is 0 Å². The van der Waals surface area contributed by atoms with E-state index in [1.807, 2.05) is 24.6 Å². The van der Waals surface area contributed by atoms with Crippen LogP contribution in [0.1, 0.15) is 37.1 Å². The first-order chi connectivity index (χ1) is 9.58. The molecule has 2 aromatic rings. The summed E-state index contributed by atoms with van der Waals surface area (Å²) in [5.74, 6) is 2.43. The van der Waals surface area contributed by atoms with Gasteiger partial charge >= 0.3 is 0 Å². The maximum absolute atomic E-state index is 4.55. The summed E-state index contributed by atoms with van der Waals surface area (Å²) in [6.07, 6.45) is 0. The third-order valence-corrected chi connectivity index (χ3v) is 3.28. The average molecular weight is 272 g/mol. The molecule has 0 bridgehead atoms. The third-order valence-electron chi connectivity index (χ3n) is 3.28. The van der Waals surface area contributed by atoms with E-state index in [-0.39, 0.29) is 6.04 Å². The van der Waals surface area contributed by atoms with Crippen molar-refractivity contribution in [3.05, 3.63) is 47.5 Å². The average Bonchev–Trinajstić information content (AvgIpc) is 2.74. The lowest BCUT2D eigenvalue weighted by Gasteiger charge is -2.20. The molecule has 0 aliphatic rings. The molecule has 20 heavy (non-hydrogen) atoms. The summed E-state index contributed by atoms with van der Waals surface area (Å²) in [5.41, 5.74) is 1.26. The molecule has 0 fully saturated rings. The SMILES string of the molecule is Cc1nc(C)n(C(CNCC(C)C)c2ccccc2)n1. The van der Waals surface area contributed by atoms with Crippen molar-refractivity contribution in [2.24, 2.45) is 5.92 Å². The lowest BCUT2D eigenvalue weighted by atomic mass is 10.1. The maximum Gasteiger partial charge on any atom is 0.147 e. The predicted octanol–water partition coefficient (Wildman–Crippen LogP) is 2.73. The summed E-state index contributed by atoms with van der Waals surface area (Å²) in [4.78, 5) is 4.42. The van der Waals surface area contributed by atoms with Crippen molar-refractivity contribution < 1.29 is 0 Å². The highest BCUT2D eigenvalue weighted by Crippen LogP contribution is 2.18. The highest BCUT2D eigenvalue weighted by Gasteiger charge is 2.17. The van der Waals surface area contributed by atoms with Crippen molar-refractivity contribution in [2.45, 2.75) is 33.7 Å². The van der Waals surface area contributed by atoms with Crippen molar-refractivity contribution in [3.63, 3.8) is 0 Å². The Balaban J connectivity index is 2.22. The normalized spacial score (nSPS) is 12.8. The lowest BCUT2D eigenvalue weighted by Crippen LogP contribution is -2.30. The molecule has 1 atom stereocenters. The predicted molar refractivity (Wildman–Crippen MR) is 81.8 cm³/mol. The second-order valence-corrected chi connectivity index (χ2v) is 5.63. The molecule has 0 saturated carbocycles. The van der Waals surface area contributed by atoms with Gasteiger partial charge in [0.05, 0.1) is 6.04 Å². The number of rotatable bonds is 6. The van der Waals surface area contributed by atoms with Gasteiger partial charge in [-0.3, -0.25) is 0 Å². The molecule has 0 radical (unpaired) electrons. The molecule has 2 rings (SSSR count). The van der Waals surface area contributed by atoms with Gasteiger partial charge in [0.15, 0.2) is 0 Å². The Kier molecular flexibility index (Phi) is 4.90. The number of nitrogens with one attached hydrogen (secondary N) is 1. The Bertz CT molecular complexity index is 531. The molecule has 0 aliphatic heterocycles. The Labute approximate surface area is 121 Å². The van der Waals surface area contributed by atoms with Crippen LogP contribution in [0, 0.1) is 19.8 Å². The van der Waals surface area contributed by atoms with Gasteiger partial charge in [0.2, 0.25) is 0 Å². The molecule has 4 nitrogen and oxygen atoms in total. The Hall–Kier alpha value is -1.68. The van der Waals surface area contributed by atoms with E-state index < -0.39 is 0 Å². The first kappa shape index (κ1) is 14.7. The molecule has 0 amide bonds. The van der Waals surface area contributed by atoms with Gasteiger partial charge in [-0.05, 0) is 31.9 Å². The van der Waals surface area contributed by atoms with E-state index in [4.69, 9.17) is 0 Å². The van der Waals surface area contributed by atoms with Crippen molar-refractivity contribution in [1.29, 1.82) is 0 Å². The van der Waals surface area contributed by atoms with Gasteiger partial charge in [-0.1, -0.05) is 44.2 Å². The molecule has 1 N–H and O–H groups in total. The summed E-state index contributed by atoms with van der Waals surface area (Å²) >= 11 is 0. The largest absolute Gasteiger partial charge is 0.314 e. The van der Waals surface area contributed by atoms with Crippen LogP contribution < -0.4 is 5.32 Å². The minimum atomic E-state index is 0.191. The summed E-state index contributed by atoms with van der Waals surface area (Å²) in [6, 6.07) is 10.7. The fourth-order valence-electron chi connectivity index (χ4n) is 2.36. The molecule has 1 heterocycles. The van der Waals surface area contributed by atoms with E-state index >= 15 is 0 Å². The van der Waals surface area contributed by atoms with E-state index in [9.17, 15) is 0 Å². The van der Waals surface area contributed by atoms with Crippen LogP contribution in [-0.2, 0) is 0 Å². The zero-order valence-corrected chi connectivity index (χ0v) is 12.8. The highest BCUT2D eigenvalue weighted by atomic mass is 15.4. The number of hydrogen-bond donors (Lipinski definition) is 1. The molecule has 0 aliphatic carbocycles. The maximum atomic E-state index is 4.55. The number of hydrogen-bond acceptors (Lipinski definition) is 3. The fraction of sp³-hybridized carbons (Fsp3) is 0.500. The smallest absolute Gasteiger partial charge is 0.147 e.